The Kier molecular flexibility index (Phi) is 7.62. The second-order valence-corrected chi connectivity index (χ2v) is 8.28. The fraction of sp³-hybridized carbons (Fsp3) is 0.867. The van der Waals surface area contributed by atoms with E-state index in [1.165, 1.54) is 6.92 Å². The summed E-state index contributed by atoms with van der Waals surface area (Å²) in [5, 5.41) is 2.52. The van der Waals surface area contributed by atoms with Crippen molar-refractivity contribution < 1.29 is 31.7 Å². The largest absolute Gasteiger partial charge is 0.434 e. The Balaban J connectivity index is 2.49. The Morgan fingerprint density at radius 1 is 1.38 bits per heavy atom. The lowest BCUT2D eigenvalue weighted by Gasteiger charge is -2.27. The Hall–Kier alpha value is -1.19. The first-order chi connectivity index (χ1) is 11.1. The minimum atomic E-state index is -3.74. The molecule has 2 atom stereocenters. The second-order valence-electron chi connectivity index (χ2n) is 6.52. The lowest BCUT2D eigenvalue weighted by Crippen LogP contribution is -2.39. The van der Waals surface area contributed by atoms with Crippen LogP contribution in [-0.4, -0.2) is 51.6 Å². The third-order valence-corrected chi connectivity index (χ3v) is 4.80. The fourth-order valence-electron chi connectivity index (χ4n) is 2.18. The van der Waals surface area contributed by atoms with Crippen molar-refractivity contribution in [3.05, 3.63) is 0 Å². The Labute approximate surface area is 143 Å². The minimum Gasteiger partial charge on any atom is -0.434 e. The quantitative estimate of drug-likeness (QED) is 0.349. The summed E-state index contributed by atoms with van der Waals surface area (Å²) in [6.07, 6.45) is 0.220. The fourth-order valence-corrected chi connectivity index (χ4v) is 3.28. The van der Waals surface area contributed by atoms with Gasteiger partial charge in [0.25, 0.3) is 10.1 Å². The summed E-state index contributed by atoms with van der Waals surface area (Å²) in [4.78, 5) is 22.6. The molecule has 0 aliphatic carbocycles. The lowest BCUT2D eigenvalue weighted by atomic mass is 9.88. The molecule has 1 amide bonds. The van der Waals surface area contributed by atoms with Crippen LogP contribution in [0.3, 0.4) is 0 Å². The molecule has 1 aliphatic rings. The molecule has 1 saturated heterocycles. The van der Waals surface area contributed by atoms with Crippen molar-refractivity contribution in [3.8, 4) is 0 Å². The number of hydrogen-bond acceptors (Lipinski definition) is 7. The number of cyclic esters (lactones) is 1. The van der Waals surface area contributed by atoms with Crippen LogP contribution in [-0.2, 0) is 33.4 Å². The zero-order chi connectivity index (χ0) is 18.4. The Bertz CT molecular complexity index is 544. The second kappa shape index (κ2) is 8.77. The van der Waals surface area contributed by atoms with Gasteiger partial charge in [0, 0.05) is 25.3 Å². The first-order valence-corrected chi connectivity index (χ1v) is 9.62. The number of esters is 1. The zero-order valence-electron chi connectivity index (χ0n) is 14.7. The van der Waals surface area contributed by atoms with Gasteiger partial charge in [-0.25, -0.2) is 4.79 Å². The van der Waals surface area contributed by atoms with Gasteiger partial charge in [-0.05, 0) is 6.42 Å². The number of rotatable bonds is 10. The molecule has 0 spiro atoms. The summed E-state index contributed by atoms with van der Waals surface area (Å²) in [5.74, 6) is -0.921. The molecule has 1 fully saturated rings. The van der Waals surface area contributed by atoms with Gasteiger partial charge in [-0.2, -0.15) is 8.42 Å². The highest BCUT2D eigenvalue weighted by molar-refractivity contribution is 7.86. The topological polar surface area (TPSA) is 108 Å². The van der Waals surface area contributed by atoms with E-state index in [0.29, 0.717) is 6.42 Å². The highest BCUT2D eigenvalue weighted by Gasteiger charge is 2.45. The summed E-state index contributed by atoms with van der Waals surface area (Å²) in [6, 6.07) is 0. The first kappa shape index (κ1) is 20.9. The predicted octanol–water partition coefficient (Wildman–Crippen LogP) is 0.953. The van der Waals surface area contributed by atoms with Crippen LogP contribution in [0.2, 0.25) is 0 Å². The monoisotopic (exact) mass is 365 g/mol. The maximum atomic E-state index is 11.9. The molecule has 140 valence electrons. The first-order valence-electron chi connectivity index (χ1n) is 8.05. The number of amides is 1. The molecule has 0 saturated carbocycles. The maximum Gasteiger partial charge on any atom is 0.338 e. The van der Waals surface area contributed by atoms with E-state index in [9.17, 15) is 18.0 Å². The zero-order valence-corrected chi connectivity index (χ0v) is 15.5. The Morgan fingerprint density at radius 3 is 2.62 bits per heavy atom. The third kappa shape index (κ3) is 6.74. The summed E-state index contributed by atoms with van der Waals surface area (Å²) in [6.45, 7) is 6.78. The van der Waals surface area contributed by atoms with Crippen molar-refractivity contribution in [2.45, 2.75) is 59.4 Å². The van der Waals surface area contributed by atoms with E-state index in [0.717, 1.165) is 6.42 Å². The van der Waals surface area contributed by atoms with Gasteiger partial charge in [-0.1, -0.05) is 27.2 Å². The van der Waals surface area contributed by atoms with Crippen LogP contribution in [0.4, 0.5) is 0 Å². The van der Waals surface area contributed by atoms with E-state index in [-0.39, 0.29) is 31.2 Å². The normalized spacial score (nSPS) is 21.6. The molecule has 24 heavy (non-hydrogen) atoms. The van der Waals surface area contributed by atoms with Gasteiger partial charge in [-0.3, -0.25) is 8.98 Å². The maximum absolute atomic E-state index is 11.9. The van der Waals surface area contributed by atoms with E-state index in [2.05, 4.69) is 5.32 Å². The number of carbonyl (C=O) groups excluding carboxylic acids is 2. The molecule has 9 heteroatoms. The molecule has 1 heterocycles. The van der Waals surface area contributed by atoms with Crippen molar-refractivity contribution in [1.29, 1.82) is 0 Å². The molecule has 8 nitrogen and oxygen atoms in total. The van der Waals surface area contributed by atoms with Crippen LogP contribution in [0, 0.1) is 5.41 Å². The molecule has 1 rings (SSSR count). The van der Waals surface area contributed by atoms with Crippen molar-refractivity contribution in [1.82, 2.24) is 5.32 Å². The molecule has 0 aromatic carbocycles. The van der Waals surface area contributed by atoms with Crippen molar-refractivity contribution in [2.75, 3.05) is 18.9 Å². The van der Waals surface area contributed by atoms with Gasteiger partial charge < -0.3 is 14.8 Å². The molecule has 0 radical (unpaired) electrons. The van der Waals surface area contributed by atoms with Crippen LogP contribution in [0.25, 0.3) is 0 Å². The van der Waals surface area contributed by atoms with Gasteiger partial charge in [0.15, 0.2) is 6.10 Å². The average molecular weight is 365 g/mol. The standard InChI is InChI=1S/C15H27NO7S/c1-5-7-12-22-13(14(18)23-12)15(3,4)10-21-24(19,20)9-6-8-16-11(2)17/h12-13H,5-10H2,1-4H3,(H,16,17). The van der Waals surface area contributed by atoms with Crippen LogP contribution >= 0.6 is 0 Å². The highest BCUT2D eigenvalue weighted by atomic mass is 32.2. The van der Waals surface area contributed by atoms with Gasteiger partial charge >= 0.3 is 5.97 Å². The lowest BCUT2D eigenvalue weighted by molar-refractivity contribution is -0.144. The number of ether oxygens (including phenoxy) is 2. The van der Waals surface area contributed by atoms with E-state index in [1.807, 2.05) is 6.92 Å². The smallest absolute Gasteiger partial charge is 0.338 e. The van der Waals surface area contributed by atoms with Crippen molar-refractivity contribution in [3.63, 3.8) is 0 Å². The Morgan fingerprint density at radius 2 is 2.04 bits per heavy atom. The summed E-state index contributed by atoms with van der Waals surface area (Å²) >= 11 is 0. The molecule has 1 aliphatic heterocycles. The summed E-state index contributed by atoms with van der Waals surface area (Å²) < 4.78 is 39.5. The molecular weight excluding hydrogens is 338 g/mol. The van der Waals surface area contributed by atoms with Crippen molar-refractivity contribution in [2.24, 2.45) is 5.41 Å². The van der Waals surface area contributed by atoms with E-state index in [1.54, 1.807) is 13.8 Å². The highest BCUT2D eigenvalue weighted by Crippen LogP contribution is 2.32. The van der Waals surface area contributed by atoms with E-state index < -0.39 is 33.9 Å². The number of hydrogen-bond donors (Lipinski definition) is 1. The summed E-state index contributed by atoms with van der Waals surface area (Å²) in [7, 11) is -3.74. The number of nitrogens with one attached hydrogen (secondary N) is 1. The summed E-state index contributed by atoms with van der Waals surface area (Å²) in [5.41, 5.74) is -0.843. The predicted molar refractivity (Wildman–Crippen MR) is 86.5 cm³/mol. The van der Waals surface area contributed by atoms with Crippen LogP contribution < -0.4 is 5.32 Å². The van der Waals surface area contributed by atoms with Crippen LogP contribution in [0.15, 0.2) is 0 Å². The van der Waals surface area contributed by atoms with Crippen LogP contribution in [0.1, 0.15) is 47.0 Å². The van der Waals surface area contributed by atoms with Gasteiger partial charge in [0.1, 0.15) is 0 Å². The molecular formula is C15H27NO7S. The van der Waals surface area contributed by atoms with E-state index >= 15 is 0 Å². The molecule has 2 unspecified atom stereocenters. The minimum absolute atomic E-state index is 0.186. The van der Waals surface area contributed by atoms with Crippen molar-refractivity contribution >= 4 is 22.0 Å². The van der Waals surface area contributed by atoms with Gasteiger partial charge in [0.05, 0.1) is 12.4 Å². The third-order valence-electron chi connectivity index (χ3n) is 3.54. The molecule has 1 N–H and O–H groups in total. The number of carbonyl (C=O) groups is 2. The molecule has 0 aromatic rings. The van der Waals surface area contributed by atoms with Gasteiger partial charge in [-0.15, -0.1) is 0 Å². The molecule has 0 bridgehead atoms. The van der Waals surface area contributed by atoms with E-state index in [4.69, 9.17) is 13.7 Å². The SMILES string of the molecule is CCCC1OC(=O)C(C(C)(C)COS(=O)(=O)CCCNC(C)=O)O1. The molecule has 0 aromatic heterocycles. The average Bonchev–Trinajstić information content (AvgIpc) is 2.84. The van der Waals surface area contributed by atoms with Crippen LogP contribution in [0.5, 0.6) is 0 Å². The van der Waals surface area contributed by atoms with Gasteiger partial charge in [0.2, 0.25) is 12.2 Å².